The molecule has 31 heavy (non-hydrogen) atoms. The lowest BCUT2D eigenvalue weighted by Crippen LogP contribution is -2.39. The fraction of sp³-hybridized carbons (Fsp3) is 0.333. The minimum atomic E-state index is -1.05. The van der Waals surface area contributed by atoms with Crippen LogP contribution in [0, 0.1) is 5.82 Å². The van der Waals surface area contributed by atoms with Gasteiger partial charge in [-0.05, 0) is 48.6 Å². The summed E-state index contributed by atoms with van der Waals surface area (Å²) in [5.41, 5.74) is 2.75. The van der Waals surface area contributed by atoms with Gasteiger partial charge in [-0.2, -0.15) is 0 Å². The van der Waals surface area contributed by atoms with Crippen LogP contribution in [-0.4, -0.2) is 28.4 Å². The van der Waals surface area contributed by atoms with Crippen LogP contribution in [-0.2, 0) is 32.0 Å². The molecule has 1 aliphatic carbocycles. The molecule has 7 heteroatoms. The fourth-order valence-electron chi connectivity index (χ4n) is 3.95. The number of ketones is 1. The molecule has 0 bridgehead atoms. The second-order valence-electron chi connectivity index (χ2n) is 8.01. The Morgan fingerprint density at radius 1 is 1.10 bits per heavy atom. The van der Waals surface area contributed by atoms with Crippen LogP contribution in [0.15, 0.2) is 64.4 Å². The maximum atomic E-state index is 13.2. The van der Waals surface area contributed by atoms with Crippen LogP contribution >= 0.6 is 11.8 Å². The standard InChI is InChI=1S/C24H24FNO4S/c1-24(2)29-20-10-9-19(27)18(22(20)23(28)30-24)12-13-26-17(8-11-21(26)31-3)14-15-4-6-16(25)7-5-15/h4-8,10-11H,9,12-14H2,1-3H3. The first-order chi connectivity index (χ1) is 14.8. The van der Waals surface area contributed by atoms with E-state index >= 15 is 0 Å². The number of carbonyl (C=O) groups excluding carboxylic acids is 2. The molecule has 5 nitrogen and oxygen atoms in total. The Balaban J connectivity index is 1.60. The maximum Gasteiger partial charge on any atom is 0.345 e. The monoisotopic (exact) mass is 441 g/mol. The number of nitrogens with zero attached hydrogens (tertiary/aromatic N) is 1. The van der Waals surface area contributed by atoms with Gasteiger partial charge in [0.1, 0.15) is 17.1 Å². The van der Waals surface area contributed by atoms with Crippen molar-refractivity contribution in [3.63, 3.8) is 0 Å². The first-order valence-corrected chi connectivity index (χ1v) is 11.4. The third-order valence-electron chi connectivity index (χ3n) is 5.38. The molecule has 0 saturated carbocycles. The number of carbonyl (C=O) groups is 2. The predicted molar refractivity (Wildman–Crippen MR) is 116 cm³/mol. The molecule has 4 rings (SSSR count). The third-order valence-corrected chi connectivity index (χ3v) is 6.15. The van der Waals surface area contributed by atoms with E-state index in [0.29, 0.717) is 30.7 Å². The van der Waals surface area contributed by atoms with Gasteiger partial charge in [0.05, 0.1) is 5.03 Å². The van der Waals surface area contributed by atoms with Crippen molar-refractivity contribution in [1.29, 1.82) is 0 Å². The lowest BCUT2D eigenvalue weighted by atomic mass is 9.91. The highest BCUT2D eigenvalue weighted by Gasteiger charge is 2.40. The summed E-state index contributed by atoms with van der Waals surface area (Å²) >= 11 is 1.61. The number of rotatable bonds is 6. The molecule has 0 atom stereocenters. The molecule has 1 aromatic heterocycles. The van der Waals surface area contributed by atoms with Gasteiger partial charge < -0.3 is 14.0 Å². The van der Waals surface area contributed by atoms with Crippen LogP contribution in [0.3, 0.4) is 0 Å². The first-order valence-electron chi connectivity index (χ1n) is 10.1. The van der Waals surface area contributed by atoms with Crippen LogP contribution in [0.2, 0.25) is 0 Å². The number of halogens is 1. The summed E-state index contributed by atoms with van der Waals surface area (Å²) in [6, 6.07) is 10.5. The van der Waals surface area contributed by atoms with Gasteiger partial charge in [0, 0.05) is 44.5 Å². The van der Waals surface area contributed by atoms with E-state index in [1.54, 1.807) is 43.8 Å². The van der Waals surface area contributed by atoms with E-state index in [1.165, 1.54) is 12.1 Å². The predicted octanol–water partition coefficient (Wildman–Crippen LogP) is 4.79. The van der Waals surface area contributed by atoms with E-state index in [2.05, 4.69) is 4.57 Å². The summed E-state index contributed by atoms with van der Waals surface area (Å²) in [5, 5.41) is 1.06. The largest absolute Gasteiger partial charge is 0.452 e. The van der Waals surface area contributed by atoms with E-state index < -0.39 is 11.8 Å². The quantitative estimate of drug-likeness (QED) is 0.476. The van der Waals surface area contributed by atoms with Crippen LogP contribution in [0.1, 0.15) is 37.9 Å². The van der Waals surface area contributed by atoms with Gasteiger partial charge in [-0.15, -0.1) is 11.8 Å². The van der Waals surface area contributed by atoms with Crippen molar-refractivity contribution >= 4 is 23.5 Å². The second-order valence-corrected chi connectivity index (χ2v) is 8.84. The number of aromatic nitrogens is 1. The smallest absolute Gasteiger partial charge is 0.345 e. The Labute approximate surface area is 184 Å². The van der Waals surface area contributed by atoms with Gasteiger partial charge in [0.25, 0.3) is 0 Å². The second kappa shape index (κ2) is 8.38. The van der Waals surface area contributed by atoms with Gasteiger partial charge >= 0.3 is 5.97 Å². The Morgan fingerprint density at radius 2 is 1.84 bits per heavy atom. The molecule has 0 N–H and O–H groups in total. The summed E-state index contributed by atoms with van der Waals surface area (Å²) < 4.78 is 26.5. The molecule has 1 saturated heterocycles. The Morgan fingerprint density at radius 3 is 2.55 bits per heavy atom. The number of Topliss-reactive ketones (excluding diaryl/α,β-unsaturated/α-hetero) is 1. The summed E-state index contributed by atoms with van der Waals surface area (Å²) in [7, 11) is 0. The molecule has 2 heterocycles. The van der Waals surface area contributed by atoms with Crippen LogP contribution in [0.4, 0.5) is 4.39 Å². The molecule has 0 radical (unpaired) electrons. The number of esters is 1. The van der Waals surface area contributed by atoms with Crippen LogP contribution in [0.25, 0.3) is 0 Å². The van der Waals surface area contributed by atoms with Gasteiger partial charge in [-0.1, -0.05) is 12.1 Å². The van der Waals surface area contributed by atoms with Crippen molar-refractivity contribution in [3.05, 3.63) is 76.5 Å². The van der Waals surface area contributed by atoms with Gasteiger partial charge in [0.2, 0.25) is 5.79 Å². The molecule has 0 amide bonds. The van der Waals surface area contributed by atoms with Gasteiger partial charge in [-0.3, -0.25) is 4.79 Å². The van der Waals surface area contributed by atoms with Crippen molar-refractivity contribution in [2.45, 2.75) is 50.5 Å². The molecular formula is C24H24FNO4S. The summed E-state index contributed by atoms with van der Waals surface area (Å²) in [5.74, 6) is -1.49. The zero-order valence-corrected chi connectivity index (χ0v) is 18.6. The number of allylic oxidation sites excluding steroid dienone is 2. The van der Waals surface area contributed by atoms with E-state index in [1.807, 2.05) is 18.4 Å². The highest BCUT2D eigenvalue weighted by Crippen LogP contribution is 2.36. The number of hydrogen-bond acceptors (Lipinski definition) is 5. The highest BCUT2D eigenvalue weighted by atomic mass is 32.2. The lowest BCUT2D eigenvalue weighted by molar-refractivity contribution is -0.208. The van der Waals surface area contributed by atoms with Gasteiger partial charge in [-0.25, -0.2) is 9.18 Å². The number of fused-ring (bicyclic) bond motifs is 1. The molecule has 2 aromatic rings. The van der Waals surface area contributed by atoms with Gasteiger partial charge in [0.15, 0.2) is 5.78 Å². The van der Waals surface area contributed by atoms with E-state index in [4.69, 9.17) is 9.47 Å². The normalized spacial score (nSPS) is 17.7. The van der Waals surface area contributed by atoms with E-state index in [-0.39, 0.29) is 23.6 Å². The number of ether oxygens (including phenoxy) is 2. The zero-order chi connectivity index (χ0) is 22.2. The number of thioether (sulfide) groups is 1. The zero-order valence-electron chi connectivity index (χ0n) is 17.7. The van der Waals surface area contributed by atoms with Crippen molar-refractivity contribution in [3.8, 4) is 0 Å². The minimum absolute atomic E-state index is 0.0862. The van der Waals surface area contributed by atoms with Crippen molar-refractivity contribution in [1.82, 2.24) is 4.57 Å². The lowest BCUT2D eigenvalue weighted by Gasteiger charge is -2.35. The highest BCUT2D eigenvalue weighted by molar-refractivity contribution is 7.98. The van der Waals surface area contributed by atoms with E-state index in [9.17, 15) is 14.0 Å². The topological polar surface area (TPSA) is 57.5 Å². The Bertz CT molecular complexity index is 1100. The van der Waals surface area contributed by atoms with Crippen LogP contribution < -0.4 is 0 Å². The van der Waals surface area contributed by atoms with Crippen molar-refractivity contribution in [2.75, 3.05) is 6.26 Å². The average Bonchev–Trinajstić information content (AvgIpc) is 3.10. The molecule has 1 fully saturated rings. The molecule has 1 aromatic carbocycles. The summed E-state index contributed by atoms with van der Waals surface area (Å²) in [6.07, 6.45) is 4.90. The van der Waals surface area contributed by atoms with E-state index in [0.717, 1.165) is 16.3 Å². The number of hydrogen-bond donors (Lipinski definition) is 0. The fourth-order valence-corrected chi connectivity index (χ4v) is 4.58. The molecule has 0 spiro atoms. The Kier molecular flexibility index (Phi) is 5.79. The van der Waals surface area contributed by atoms with Crippen molar-refractivity contribution in [2.24, 2.45) is 0 Å². The summed E-state index contributed by atoms with van der Waals surface area (Å²) in [4.78, 5) is 25.3. The Hall–Kier alpha value is -2.80. The number of benzene rings is 1. The first kappa shape index (κ1) is 21.4. The molecule has 0 unspecified atom stereocenters. The number of cyclic esters (lactones) is 1. The molecule has 2 aliphatic rings. The molecular weight excluding hydrogens is 417 g/mol. The average molecular weight is 442 g/mol. The molecule has 162 valence electrons. The SMILES string of the molecule is CSc1ccc(Cc2ccc(F)cc2)n1CCC1=C2C(=O)OC(C)(C)OC2=CCC1=O. The maximum absolute atomic E-state index is 13.2. The molecule has 1 aliphatic heterocycles. The third kappa shape index (κ3) is 4.46. The van der Waals surface area contributed by atoms with Crippen LogP contribution in [0.5, 0.6) is 0 Å². The van der Waals surface area contributed by atoms with Crippen molar-refractivity contribution < 1.29 is 23.5 Å². The minimum Gasteiger partial charge on any atom is -0.452 e. The summed E-state index contributed by atoms with van der Waals surface area (Å²) in [6.45, 7) is 3.88.